The van der Waals surface area contributed by atoms with Crippen LogP contribution in [-0.2, 0) is 17.8 Å². The van der Waals surface area contributed by atoms with Crippen LogP contribution in [0.4, 0.5) is 4.79 Å². The third kappa shape index (κ3) is 5.14. The van der Waals surface area contributed by atoms with E-state index in [1.807, 2.05) is 39.0 Å². The molecule has 0 spiro atoms. The third-order valence-electron chi connectivity index (χ3n) is 7.89. The average molecular weight is 556 g/mol. The second-order valence-corrected chi connectivity index (χ2v) is 12.2. The molecule has 2 aliphatic rings. The molecular formula is C33H34ClN3O3. The molecule has 0 aliphatic carbocycles. The van der Waals surface area contributed by atoms with Crippen molar-refractivity contribution in [3.05, 3.63) is 94.0 Å². The number of nitrogens with one attached hydrogen (secondary N) is 1. The minimum atomic E-state index is -0.671. The zero-order chi connectivity index (χ0) is 28.0. The van der Waals surface area contributed by atoms with E-state index in [2.05, 4.69) is 52.7 Å². The number of aromatic nitrogens is 1. The number of carbonyl (C=O) groups excluding carboxylic acids is 2. The molecule has 7 heteroatoms. The van der Waals surface area contributed by atoms with Crippen LogP contribution in [0.1, 0.15) is 66.6 Å². The molecule has 0 radical (unpaired) electrons. The number of fused-ring (bicyclic) bond motifs is 2. The number of rotatable bonds is 4. The Balaban J connectivity index is 1.33. The van der Waals surface area contributed by atoms with E-state index in [0.717, 1.165) is 48.9 Å². The molecule has 1 aromatic heterocycles. The van der Waals surface area contributed by atoms with Gasteiger partial charge in [0.25, 0.3) is 5.91 Å². The third-order valence-corrected chi connectivity index (χ3v) is 8.25. The average Bonchev–Trinajstić information content (AvgIpc) is 3.50. The number of likely N-dealkylation sites (tertiary alicyclic amines) is 1. The van der Waals surface area contributed by atoms with Crippen molar-refractivity contribution >= 4 is 34.5 Å². The second kappa shape index (κ2) is 10.4. The smallest absolute Gasteiger partial charge is 0.419 e. The Labute approximate surface area is 239 Å². The van der Waals surface area contributed by atoms with Gasteiger partial charge < -0.3 is 10.1 Å². The van der Waals surface area contributed by atoms with Gasteiger partial charge in [-0.05, 0) is 88.0 Å². The number of ether oxygens (including phenoxy) is 1. The second-order valence-electron chi connectivity index (χ2n) is 11.8. The number of hydrogen-bond donors (Lipinski definition) is 1. The highest BCUT2D eigenvalue weighted by Gasteiger charge is 2.30. The number of amides is 1. The molecule has 0 bridgehead atoms. The van der Waals surface area contributed by atoms with Gasteiger partial charge in [-0.1, -0.05) is 54.1 Å². The Hall–Kier alpha value is -3.61. The molecule has 1 amide bonds. The first-order valence-electron chi connectivity index (χ1n) is 13.9. The highest BCUT2D eigenvalue weighted by atomic mass is 35.5. The summed E-state index contributed by atoms with van der Waals surface area (Å²) in [5.74, 6) is 0.428. The topological polar surface area (TPSA) is 63.6 Å². The lowest BCUT2D eigenvalue weighted by Gasteiger charge is -2.32. The minimum absolute atomic E-state index is 0.187. The van der Waals surface area contributed by atoms with Gasteiger partial charge in [0.05, 0.1) is 16.8 Å². The Morgan fingerprint density at radius 3 is 2.50 bits per heavy atom. The van der Waals surface area contributed by atoms with E-state index < -0.39 is 11.7 Å². The van der Waals surface area contributed by atoms with Crippen molar-refractivity contribution in [2.45, 2.75) is 58.2 Å². The van der Waals surface area contributed by atoms with Gasteiger partial charge in [-0.25, -0.2) is 9.36 Å². The molecule has 6 nitrogen and oxygen atoms in total. The first kappa shape index (κ1) is 26.6. The van der Waals surface area contributed by atoms with Crippen LogP contribution in [0, 0.1) is 0 Å². The molecule has 40 heavy (non-hydrogen) atoms. The Morgan fingerprint density at radius 1 is 1.02 bits per heavy atom. The van der Waals surface area contributed by atoms with Gasteiger partial charge in [-0.2, -0.15) is 0 Å². The summed E-state index contributed by atoms with van der Waals surface area (Å²) in [5.41, 5.74) is 5.26. The highest BCUT2D eigenvalue weighted by Crippen LogP contribution is 2.37. The summed E-state index contributed by atoms with van der Waals surface area (Å²) in [5, 5.41) is 4.34. The summed E-state index contributed by atoms with van der Waals surface area (Å²) in [7, 11) is 0. The standard InChI is InChI=1S/C33H34ClN3O3/c1-33(2,3)40-32(39)37-28-12-9-21(20-36-15-13-23(14-16-36)22-7-5-4-6-8-22)17-24(28)18-29(37)25-10-11-27(34)26-19-35-31(38)30(25)26/h4-12,17-18,23H,13-16,19-20H2,1-3H3,(H,35,38). The van der Waals surface area contributed by atoms with Crippen molar-refractivity contribution in [3.8, 4) is 11.3 Å². The summed E-state index contributed by atoms with van der Waals surface area (Å²) in [4.78, 5) is 28.9. The minimum Gasteiger partial charge on any atom is -0.443 e. The van der Waals surface area contributed by atoms with Crippen LogP contribution in [0.5, 0.6) is 0 Å². The van der Waals surface area contributed by atoms with Crippen LogP contribution in [0.25, 0.3) is 22.2 Å². The lowest BCUT2D eigenvalue weighted by atomic mass is 9.89. The number of nitrogens with zero attached hydrogens (tertiary/aromatic N) is 2. The van der Waals surface area contributed by atoms with Crippen molar-refractivity contribution in [2.24, 2.45) is 0 Å². The van der Waals surface area contributed by atoms with Crippen LogP contribution >= 0.6 is 11.6 Å². The van der Waals surface area contributed by atoms with Gasteiger partial charge in [0.15, 0.2) is 0 Å². The summed E-state index contributed by atoms with van der Waals surface area (Å²) >= 11 is 6.42. The Bertz CT molecular complexity index is 1590. The molecule has 0 saturated carbocycles. The number of halogens is 1. The Morgan fingerprint density at radius 2 is 1.77 bits per heavy atom. The normalized spacial score (nSPS) is 16.2. The largest absolute Gasteiger partial charge is 0.443 e. The van der Waals surface area contributed by atoms with Gasteiger partial charge in [-0.15, -0.1) is 0 Å². The number of carbonyl (C=O) groups is 2. The fraction of sp³-hybridized carbons (Fsp3) is 0.333. The molecule has 1 saturated heterocycles. The van der Waals surface area contributed by atoms with E-state index in [0.29, 0.717) is 34.3 Å². The van der Waals surface area contributed by atoms with Gasteiger partial charge in [0.2, 0.25) is 0 Å². The molecular weight excluding hydrogens is 522 g/mol. The molecule has 1 fully saturated rings. The molecule has 3 aromatic carbocycles. The number of benzene rings is 3. The van der Waals surface area contributed by atoms with Gasteiger partial charge in [0.1, 0.15) is 5.60 Å². The van der Waals surface area contributed by atoms with E-state index in [4.69, 9.17) is 16.3 Å². The molecule has 0 unspecified atom stereocenters. The van der Waals surface area contributed by atoms with Crippen molar-refractivity contribution in [3.63, 3.8) is 0 Å². The van der Waals surface area contributed by atoms with E-state index in [1.54, 1.807) is 10.6 Å². The predicted molar refractivity (Wildman–Crippen MR) is 159 cm³/mol. The van der Waals surface area contributed by atoms with Crippen molar-refractivity contribution in [1.82, 2.24) is 14.8 Å². The summed E-state index contributed by atoms with van der Waals surface area (Å²) < 4.78 is 7.40. The predicted octanol–water partition coefficient (Wildman–Crippen LogP) is 7.37. The number of piperidine rings is 1. The zero-order valence-corrected chi connectivity index (χ0v) is 23.9. The molecule has 2 aliphatic heterocycles. The van der Waals surface area contributed by atoms with Crippen molar-refractivity contribution < 1.29 is 14.3 Å². The first-order valence-corrected chi connectivity index (χ1v) is 14.3. The summed E-state index contributed by atoms with van der Waals surface area (Å²) in [6.07, 6.45) is 1.82. The van der Waals surface area contributed by atoms with E-state index in [-0.39, 0.29) is 5.91 Å². The SMILES string of the molecule is CC(C)(C)OC(=O)n1c(-c2ccc(Cl)c3c2C(=O)NC3)cc2cc(CN3CCC(c4ccccc4)CC3)ccc21. The maximum Gasteiger partial charge on any atom is 0.419 e. The first-order chi connectivity index (χ1) is 19.2. The van der Waals surface area contributed by atoms with Crippen LogP contribution in [-0.4, -0.2) is 40.2 Å². The van der Waals surface area contributed by atoms with Gasteiger partial charge >= 0.3 is 6.09 Å². The van der Waals surface area contributed by atoms with Crippen LogP contribution in [0.15, 0.2) is 66.7 Å². The monoisotopic (exact) mass is 555 g/mol. The van der Waals surface area contributed by atoms with Crippen LogP contribution in [0.2, 0.25) is 5.02 Å². The molecule has 206 valence electrons. The fourth-order valence-electron chi connectivity index (χ4n) is 6.00. The van der Waals surface area contributed by atoms with Crippen LogP contribution in [0.3, 0.4) is 0 Å². The Kier molecular flexibility index (Phi) is 6.93. The summed E-state index contributed by atoms with van der Waals surface area (Å²) in [6.45, 7) is 8.87. The quantitative estimate of drug-likeness (QED) is 0.285. The molecule has 0 atom stereocenters. The van der Waals surface area contributed by atoms with E-state index in [1.165, 1.54) is 11.1 Å². The van der Waals surface area contributed by atoms with Crippen molar-refractivity contribution in [2.75, 3.05) is 13.1 Å². The number of hydrogen-bond acceptors (Lipinski definition) is 4. The lowest BCUT2D eigenvalue weighted by molar-refractivity contribution is 0.0547. The van der Waals surface area contributed by atoms with Crippen molar-refractivity contribution in [1.29, 1.82) is 0 Å². The fourth-order valence-corrected chi connectivity index (χ4v) is 6.22. The van der Waals surface area contributed by atoms with Crippen LogP contribution < -0.4 is 5.32 Å². The zero-order valence-electron chi connectivity index (χ0n) is 23.2. The van der Waals surface area contributed by atoms with Gasteiger partial charge in [0, 0.05) is 34.6 Å². The maximum absolute atomic E-state index is 13.5. The highest BCUT2D eigenvalue weighted by molar-refractivity contribution is 6.32. The summed E-state index contributed by atoms with van der Waals surface area (Å²) in [6, 6.07) is 22.6. The van der Waals surface area contributed by atoms with Gasteiger partial charge in [-0.3, -0.25) is 9.69 Å². The maximum atomic E-state index is 13.5. The molecule has 3 heterocycles. The molecule has 4 aromatic rings. The lowest BCUT2D eigenvalue weighted by Crippen LogP contribution is -2.32. The van der Waals surface area contributed by atoms with E-state index in [9.17, 15) is 9.59 Å². The molecule has 6 rings (SSSR count). The van der Waals surface area contributed by atoms with E-state index >= 15 is 0 Å². The molecule has 1 N–H and O–H groups in total.